The number of carbonyl (C=O) groups is 2. The fourth-order valence-electron chi connectivity index (χ4n) is 6.03. The van der Waals surface area contributed by atoms with Crippen LogP contribution < -0.4 is 19.3 Å². The fourth-order valence-corrected chi connectivity index (χ4v) is 6.03. The Balaban J connectivity index is 1.31. The van der Waals surface area contributed by atoms with E-state index in [9.17, 15) is 14.7 Å². The number of anilines is 2. The highest BCUT2D eigenvalue weighted by Crippen LogP contribution is 2.40. The number of aromatic nitrogens is 1. The van der Waals surface area contributed by atoms with Gasteiger partial charge in [0, 0.05) is 25.4 Å². The molecule has 10 heteroatoms. The van der Waals surface area contributed by atoms with E-state index < -0.39 is 30.3 Å². The third kappa shape index (κ3) is 8.13. The average Bonchev–Trinajstić information content (AvgIpc) is 3.86. The molecule has 1 N–H and O–H groups in total. The van der Waals surface area contributed by atoms with Crippen LogP contribution in [0.3, 0.4) is 0 Å². The minimum atomic E-state index is -3.11. The first-order valence-corrected chi connectivity index (χ1v) is 15.8. The number of aliphatic carboxylic acids is 1. The molecule has 246 valence electrons. The van der Waals surface area contributed by atoms with E-state index in [0.717, 1.165) is 18.4 Å². The predicted octanol–water partition coefficient (Wildman–Crippen LogP) is 6.98. The number of amides is 1. The minimum Gasteiger partial charge on any atom is -0.497 e. The summed E-state index contributed by atoms with van der Waals surface area (Å²) in [6, 6.07) is 17.4. The summed E-state index contributed by atoms with van der Waals surface area (Å²) >= 11 is 0. The van der Waals surface area contributed by atoms with E-state index in [2.05, 4.69) is 4.98 Å². The number of carboxylic acid groups (broad SMARTS) is 1. The molecule has 1 aliphatic carbocycles. The molecular weight excluding hydrogens is 592 g/mol. The Hall–Kier alpha value is -4.21. The number of carbonyl (C=O) groups excluding carboxylic acids is 1. The van der Waals surface area contributed by atoms with Gasteiger partial charge < -0.3 is 19.5 Å². The van der Waals surface area contributed by atoms with Crippen LogP contribution in [0.2, 0.25) is 0 Å². The third-order valence-electron chi connectivity index (χ3n) is 8.64. The largest absolute Gasteiger partial charge is 0.497 e. The van der Waals surface area contributed by atoms with Gasteiger partial charge in [0.05, 0.1) is 43.3 Å². The topological polar surface area (TPSA) is 92.2 Å². The Bertz CT molecular complexity index is 1520. The molecule has 2 aromatic carbocycles. The SMILES string of the molecule is COc1ccc(C(=O)N(CC(C)(C)C)c2ccccn2)c(N2CCC(COc3cccc(CC(C(=O)O)C4CC4)c3)C(F)(F)C2)c1. The molecule has 2 atom stereocenters. The van der Waals surface area contributed by atoms with E-state index >= 15 is 8.78 Å². The smallest absolute Gasteiger partial charge is 0.307 e. The summed E-state index contributed by atoms with van der Waals surface area (Å²) in [5.41, 5.74) is 1.25. The predicted molar refractivity (Wildman–Crippen MR) is 173 cm³/mol. The highest BCUT2D eigenvalue weighted by molar-refractivity contribution is 6.09. The Morgan fingerprint density at radius 2 is 1.85 bits per heavy atom. The molecule has 2 heterocycles. The molecule has 2 fully saturated rings. The van der Waals surface area contributed by atoms with Gasteiger partial charge in [-0.15, -0.1) is 0 Å². The molecule has 1 saturated carbocycles. The van der Waals surface area contributed by atoms with Crippen LogP contribution in [0.25, 0.3) is 0 Å². The van der Waals surface area contributed by atoms with E-state index in [1.54, 1.807) is 64.5 Å². The van der Waals surface area contributed by atoms with Gasteiger partial charge in [0.1, 0.15) is 17.3 Å². The lowest BCUT2D eigenvalue weighted by Gasteiger charge is -2.40. The number of hydrogen-bond acceptors (Lipinski definition) is 6. The molecule has 1 saturated heterocycles. The molecule has 0 radical (unpaired) electrons. The van der Waals surface area contributed by atoms with E-state index in [1.165, 1.54) is 7.11 Å². The molecule has 5 rings (SSSR count). The van der Waals surface area contributed by atoms with Crippen LogP contribution >= 0.6 is 0 Å². The van der Waals surface area contributed by atoms with Gasteiger partial charge in [0.15, 0.2) is 0 Å². The maximum atomic E-state index is 15.8. The van der Waals surface area contributed by atoms with E-state index in [1.807, 2.05) is 32.9 Å². The zero-order valence-corrected chi connectivity index (χ0v) is 26.9. The van der Waals surface area contributed by atoms with Crippen molar-refractivity contribution in [3.8, 4) is 11.5 Å². The first-order valence-electron chi connectivity index (χ1n) is 15.8. The molecule has 3 aromatic rings. The molecule has 1 aliphatic heterocycles. The van der Waals surface area contributed by atoms with Crippen LogP contribution in [-0.2, 0) is 11.2 Å². The molecular formula is C36H43F2N3O5. The molecule has 0 spiro atoms. The summed E-state index contributed by atoms with van der Waals surface area (Å²) in [7, 11) is 1.50. The minimum absolute atomic E-state index is 0.145. The van der Waals surface area contributed by atoms with Crippen molar-refractivity contribution in [1.82, 2.24) is 4.98 Å². The molecule has 8 nitrogen and oxygen atoms in total. The number of pyridine rings is 1. The summed E-state index contributed by atoms with van der Waals surface area (Å²) in [6.45, 7) is 5.98. The Morgan fingerprint density at radius 3 is 2.48 bits per heavy atom. The van der Waals surface area contributed by atoms with Gasteiger partial charge in [-0.25, -0.2) is 13.8 Å². The van der Waals surface area contributed by atoms with E-state index in [4.69, 9.17) is 9.47 Å². The zero-order valence-electron chi connectivity index (χ0n) is 26.9. The average molecular weight is 636 g/mol. The van der Waals surface area contributed by atoms with E-state index in [0.29, 0.717) is 48.1 Å². The van der Waals surface area contributed by atoms with Crippen molar-refractivity contribution in [3.05, 3.63) is 78.0 Å². The van der Waals surface area contributed by atoms with Gasteiger partial charge in [-0.2, -0.15) is 0 Å². The summed E-state index contributed by atoms with van der Waals surface area (Å²) < 4.78 is 42.9. The Labute approximate surface area is 269 Å². The molecule has 1 amide bonds. The molecule has 0 bridgehead atoms. The molecule has 2 unspecified atom stereocenters. The van der Waals surface area contributed by atoms with Crippen molar-refractivity contribution in [2.45, 2.75) is 52.4 Å². The van der Waals surface area contributed by atoms with Gasteiger partial charge in [-0.3, -0.25) is 14.5 Å². The Morgan fingerprint density at radius 1 is 1.07 bits per heavy atom. The number of methoxy groups -OCH3 is 1. The summed E-state index contributed by atoms with van der Waals surface area (Å²) in [5, 5.41) is 9.60. The normalized spacial score (nSPS) is 18.5. The number of piperidine rings is 1. The second kappa shape index (κ2) is 13.6. The highest BCUT2D eigenvalue weighted by Gasteiger charge is 2.46. The first-order chi connectivity index (χ1) is 21.8. The first kappa shape index (κ1) is 33.2. The number of rotatable bonds is 12. The van der Waals surface area contributed by atoms with Crippen LogP contribution in [0.5, 0.6) is 11.5 Å². The number of nitrogens with zero attached hydrogens (tertiary/aromatic N) is 3. The van der Waals surface area contributed by atoms with Crippen LogP contribution in [0.4, 0.5) is 20.3 Å². The lowest BCUT2D eigenvalue weighted by molar-refractivity contribution is -0.142. The van der Waals surface area contributed by atoms with Crippen LogP contribution in [0, 0.1) is 23.2 Å². The molecule has 2 aliphatic rings. The quantitative estimate of drug-likeness (QED) is 0.230. The zero-order chi connectivity index (χ0) is 33.1. The second-order valence-corrected chi connectivity index (χ2v) is 13.6. The van der Waals surface area contributed by atoms with Crippen molar-refractivity contribution in [1.29, 1.82) is 0 Å². The summed E-state index contributed by atoms with van der Waals surface area (Å²) in [4.78, 5) is 33.4. The Kier molecular flexibility index (Phi) is 9.84. The van der Waals surface area contributed by atoms with Gasteiger partial charge in [-0.05, 0) is 79.0 Å². The standard InChI is InChI=1S/C36H43F2N3O5/c1-35(2,3)22-41(32-10-5-6-16-39-32)33(42)29-14-13-27(45-4)20-31(29)40-17-15-26(36(37,38)23-40)21-46-28-9-7-8-24(18-28)19-30(34(43)44)25-11-12-25/h5-10,13-14,16,18,20,25-26,30H,11-12,15,17,19,21-23H2,1-4H3,(H,43,44). The van der Waals surface area contributed by atoms with Crippen molar-refractivity contribution in [2.24, 2.45) is 23.2 Å². The second-order valence-electron chi connectivity index (χ2n) is 13.6. The van der Waals surface area contributed by atoms with Crippen molar-refractivity contribution >= 4 is 23.4 Å². The summed E-state index contributed by atoms with van der Waals surface area (Å²) in [6.07, 6.45) is 4.00. The van der Waals surface area contributed by atoms with Crippen LogP contribution in [0.15, 0.2) is 66.9 Å². The monoisotopic (exact) mass is 635 g/mol. The van der Waals surface area contributed by atoms with Crippen molar-refractivity contribution < 1.29 is 33.0 Å². The molecule has 1 aromatic heterocycles. The van der Waals surface area contributed by atoms with Crippen molar-refractivity contribution in [2.75, 3.05) is 43.2 Å². The van der Waals surface area contributed by atoms with Gasteiger partial charge in [-0.1, -0.05) is 39.0 Å². The molecule has 46 heavy (non-hydrogen) atoms. The number of alkyl halides is 2. The van der Waals surface area contributed by atoms with Crippen LogP contribution in [0.1, 0.15) is 56.0 Å². The fraction of sp³-hybridized carbons (Fsp3) is 0.472. The van der Waals surface area contributed by atoms with Gasteiger partial charge in [0.25, 0.3) is 11.8 Å². The van der Waals surface area contributed by atoms with Gasteiger partial charge in [0.2, 0.25) is 0 Å². The highest BCUT2D eigenvalue weighted by atomic mass is 19.3. The third-order valence-corrected chi connectivity index (χ3v) is 8.64. The number of benzene rings is 2. The summed E-state index contributed by atoms with van der Waals surface area (Å²) in [5.74, 6) is -4.12. The number of halogens is 2. The van der Waals surface area contributed by atoms with E-state index in [-0.39, 0.29) is 30.3 Å². The number of ether oxygens (including phenoxy) is 2. The van der Waals surface area contributed by atoms with Crippen LogP contribution in [-0.4, -0.2) is 61.2 Å². The number of carboxylic acids is 1. The lowest BCUT2D eigenvalue weighted by Crippen LogP contribution is -2.51. The number of hydrogen-bond donors (Lipinski definition) is 1. The maximum Gasteiger partial charge on any atom is 0.307 e. The lowest BCUT2D eigenvalue weighted by atomic mass is 9.92. The van der Waals surface area contributed by atoms with Gasteiger partial charge >= 0.3 is 5.97 Å². The maximum absolute atomic E-state index is 15.8. The van der Waals surface area contributed by atoms with Crippen molar-refractivity contribution in [3.63, 3.8) is 0 Å².